The number of carbonyl (C=O) groups is 2. The van der Waals surface area contributed by atoms with Gasteiger partial charge in [-0.05, 0) is 38.5 Å². The van der Waals surface area contributed by atoms with Gasteiger partial charge < -0.3 is 10.1 Å². The van der Waals surface area contributed by atoms with Crippen molar-refractivity contribution in [1.29, 1.82) is 0 Å². The normalized spacial score (nSPS) is 22.6. The summed E-state index contributed by atoms with van der Waals surface area (Å²) in [7, 11) is 0. The molecule has 2 aliphatic carbocycles. The minimum atomic E-state index is -0.610. The van der Waals surface area contributed by atoms with Crippen LogP contribution in [0.3, 0.4) is 0 Å². The number of ketones is 1. The first-order chi connectivity index (χ1) is 9.66. The van der Waals surface area contributed by atoms with Crippen molar-refractivity contribution in [2.24, 2.45) is 5.92 Å². The first kappa shape index (κ1) is 15.5. The lowest BCUT2D eigenvalue weighted by Crippen LogP contribution is -2.41. The van der Waals surface area contributed by atoms with Gasteiger partial charge in [0.25, 0.3) is 5.91 Å². The molecule has 4 nitrogen and oxygen atoms in total. The lowest BCUT2D eigenvalue weighted by atomic mass is 9.97. The van der Waals surface area contributed by atoms with E-state index in [0.717, 1.165) is 12.8 Å². The highest BCUT2D eigenvalue weighted by Crippen LogP contribution is 2.24. The molecule has 0 spiro atoms. The summed E-state index contributed by atoms with van der Waals surface area (Å²) in [6.45, 7) is 2.34. The highest BCUT2D eigenvalue weighted by molar-refractivity contribution is 6.37. The molecule has 1 atom stereocenters. The molecular weight excluding hydrogens is 254 g/mol. The lowest BCUT2D eigenvalue weighted by molar-refractivity contribution is -0.147. The number of ether oxygens (including phenoxy) is 1. The highest BCUT2D eigenvalue weighted by Gasteiger charge is 2.26. The third kappa shape index (κ3) is 4.58. The molecular formula is C16H27NO3. The summed E-state index contributed by atoms with van der Waals surface area (Å²) in [6.07, 6.45) is 9.99. The fourth-order valence-corrected chi connectivity index (χ4v) is 3.27. The Bertz CT molecular complexity index is 331. The number of hydrogen-bond acceptors (Lipinski definition) is 3. The van der Waals surface area contributed by atoms with Crippen LogP contribution in [0.15, 0.2) is 0 Å². The van der Waals surface area contributed by atoms with Crippen molar-refractivity contribution in [3.8, 4) is 0 Å². The summed E-state index contributed by atoms with van der Waals surface area (Å²) in [5.74, 6) is -0.338. The maximum Gasteiger partial charge on any atom is 0.290 e. The van der Waals surface area contributed by atoms with Gasteiger partial charge in [0.1, 0.15) is 6.10 Å². The molecule has 2 rings (SSSR count). The van der Waals surface area contributed by atoms with Crippen molar-refractivity contribution in [3.05, 3.63) is 0 Å². The van der Waals surface area contributed by atoms with E-state index in [1.807, 2.05) is 0 Å². The van der Waals surface area contributed by atoms with E-state index in [9.17, 15) is 9.59 Å². The standard InChI is InChI=1S/C16H27NO3/c1-12(20-14-9-3-2-4-10-14)15(18)16(19)17-11-13-7-5-6-8-13/h12-14H,2-11H2,1H3,(H,17,19). The van der Waals surface area contributed by atoms with Crippen molar-refractivity contribution >= 4 is 11.7 Å². The monoisotopic (exact) mass is 281 g/mol. The number of nitrogens with one attached hydrogen (secondary N) is 1. The molecule has 0 aromatic heterocycles. The van der Waals surface area contributed by atoms with E-state index in [2.05, 4.69) is 5.32 Å². The van der Waals surface area contributed by atoms with Gasteiger partial charge in [-0.25, -0.2) is 0 Å². The third-order valence-electron chi connectivity index (χ3n) is 4.57. The van der Waals surface area contributed by atoms with Crippen molar-refractivity contribution in [2.75, 3.05) is 6.54 Å². The Morgan fingerprint density at radius 1 is 1.05 bits per heavy atom. The van der Waals surface area contributed by atoms with Gasteiger partial charge in [0.05, 0.1) is 6.10 Å². The predicted molar refractivity (Wildman–Crippen MR) is 77.4 cm³/mol. The van der Waals surface area contributed by atoms with Crippen LogP contribution in [0.2, 0.25) is 0 Å². The maximum atomic E-state index is 12.0. The SMILES string of the molecule is CC(OC1CCCCC1)C(=O)C(=O)NCC1CCCC1. The second-order valence-electron chi connectivity index (χ2n) is 6.26. The molecule has 0 aromatic rings. The Labute approximate surface area is 121 Å². The van der Waals surface area contributed by atoms with Gasteiger partial charge >= 0.3 is 0 Å². The van der Waals surface area contributed by atoms with Crippen molar-refractivity contribution in [1.82, 2.24) is 5.32 Å². The summed E-state index contributed by atoms with van der Waals surface area (Å²) in [5.41, 5.74) is 0. The van der Waals surface area contributed by atoms with E-state index in [4.69, 9.17) is 4.74 Å². The molecule has 114 valence electrons. The molecule has 0 saturated heterocycles. The van der Waals surface area contributed by atoms with E-state index in [1.165, 1.54) is 44.9 Å². The molecule has 0 heterocycles. The largest absolute Gasteiger partial charge is 0.367 e. The van der Waals surface area contributed by atoms with Crippen LogP contribution in [0, 0.1) is 5.92 Å². The molecule has 0 aliphatic heterocycles. The van der Waals surface area contributed by atoms with Crippen LogP contribution in [0.5, 0.6) is 0 Å². The Hall–Kier alpha value is -0.900. The number of amides is 1. The number of Topliss-reactive ketones (excluding diaryl/α,β-unsaturated/α-hetero) is 1. The molecule has 1 N–H and O–H groups in total. The quantitative estimate of drug-likeness (QED) is 0.761. The van der Waals surface area contributed by atoms with Crippen LogP contribution in [0.25, 0.3) is 0 Å². The lowest BCUT2D eigenvalue weighted by Gasteiger charge is -2.24. The zero-order valence-electron chi connectivity index (χ0n) is 12.5. The molecule has 0 radical (unpaired) electrons. The Balaban J connectivity index is 1.69. The van der Waals surface area contributed by atoms with Gasteiger partial charge in [-0.2, -0.15) is 0 Å². The fraction of sp³-hybridized carbons (Fsp3) is 0.875. The molecule has 0 bridgehead atoms. The van der Waals surface area contributed by atoms with E-state index in [0.29, 0.717) is 12.5 Å². The Morgan fingerprint density at radius 3 is 2.30 bits per heavy atom. The number of rotatable bonds is 6. The second-order valence-corrected chi connectivity index (χ2v) is 6.26. The van der Waals surface area contributed by atoms with Crippen molar-refractivity contribution < 1.29 is 14.3 Å². The zero-order valence-corrected chi connectivity index (χ0v) is 12.5. The van der Waals surface area contributed by atoms with Gasteiger partial charge in [0.2, 0.25) is 5.78 Å². The van der Waals surface area contributed by atoms with Crippen LogP contribution >= 0.6 is 0 Å². The molecule has 2 fully saturated rings. The first-order valence-electron chi connectivity index (χ1n) is 8.14. The number of hydrogen-bond donors (Lipinski definition) is 1. The highest BCUT2D eigenvalue weighted by atomic mass is 16.5. The van der Waals surface area contributed by atoms with Gasteiger partial charge in [0.15, 0.2) is 0 Å². The van der Waals surface area contributed by atoms with Crippen LogP contribution < -0.4 is 5.32 Å². The van der Waals surface area contributed by atoms with E-state index < -0.39 is 17.8 Å². The minimum Gasteiger partial charge on any atom is -0.367 e. The average Bonchev–Trinajstić information content (AvgIpc) is 2.98. The maximum absolute atomic E-state index is 12.0. The zero-order chi connectivity index (χ0) is 14.4. The van der Waals surface area contributed by atoms with Crippen LogP contribution in [0.4, 0.5) is 0 Å². The minimum absolute atomic E-state index is 0.158. The number of carbonyl (C=O) groups excluding carboxylic acids is 2. The van der Waals surface area contributed by atoms with Crippen molar-refractivity contribution in [3.63, 3.8) is 0 Å². The summed E-state index contributed by atoms with van der Waals surface area (Å²) >= 11 is 0. The molecule has 0 aromatic carbocycles. The fourth-order valence-electron chi connectivity index (χ4n) is 3.27. The van der Waals surface area contributed by atoms with E-state index in [-0.39, 0.29) is 6.10 Å². The average molecular weight is 281 g/mol. The molecule has 2 aliphatic rings. The topological polar surface area (TPSA) is 55.4 Å². The summed E-state index contributed by atoms with van der Waals surface area (Å²) in [6, 6.07) is 0. The Kier molecular flexibility index (Phi) is 6.02. The van der Waals surface area contributed by atoms with Gasteiger partial charge in [-0.1, -0.05) is 32.1 Å². The van der Waals surface area contributed by atoms with Crippen molar-refractivity contribution in [2.45, 2.75) is 76.9 Å². The first-order valence-corrected chi connectivity index (χ1v) is 8.14. The second kappa shape index (κ2) is 7.77. The van der Waals surface area contributed by atoms with Crippen LogP contribution in [0.1, 0.15) is 64.7 Å². The third-order valence-corrected chi connectivity index (χ3v) is 4.57. The van der Waals surface area contributed by atoms with Crippen LogP contribution in [-0.2, 0) is 14.3 Å². The molecule has 20 heavy (non-hydrogen) atoms. The van der Waals surface area contributed by atoms with Gasteiger partial charge in [0, 0.05) is 6.54 Å². The summed E-state index contributed by atoms with van der Waals surface area (Å²) in [5, 5.41) is 2.77. The molecule has 1 unspecified atom stereocenters. The predicted octanol–water partition coefficient (Wildman–Crippen LogP) is 2.60. The van der Waals surface area contributed by atoms with Crippen LogP contribution in [-0.4, -0.2) is 30.4 Å². The Morgan fingerprint density at radius 2 is 1.65 bits per heavy atom. The van der Waals surface area contributed by atoms with Gasteiger partial charge in [-0.3, -0.25) is 9.59 Å². The summed E-state index contributed by atoms with van der Waals surface area (Å²) < 4.78 is 5.74. The van der Waals surface area contributed by atoms with E-state index in [1.54, 1.807) is 6.92 Å². The van der Waals surface area contributed by atoms with E-state index >= 15 is 0 Å². The molecule has 2 saturated carbocycles. The van der Waals surface area contributed by atoms with Gasteiger partial charge in [-0.15, -0.1) is 0 Å². The summed E-state index contributed by atoms with van der Waals surface area (Å²) in [4.78, 5) is 23.8. The molecule has 1 amide bonds. The smallest absolute Gasteiger partial charge is 0.290 e. The molecule has 4 heteroatoms.